The summed E-state index contributed by atoms with van der Waals surface area (Å²) in [5, 5.41) is 0. The van der Waals surface area contributed by atoms with Crippen molar-refractivity contribution in [3.63, 3.8) is 0 Å². The lowest BCUT2D eigenvalue weighted by atomic mass is 10.2. The van der Waals surface area contributed by atoms with Gasteiger partial charge in [0.1, 0.15) is 4.90 Å². The number of nitrogens with two attached hydrogens (primary N) is 1. The minimum Gasteiger partial charge on any atom is -0.399 e. The molecular formula is C13H14BrN3O2S. The monoisotopic (exact) mass is 355 g/mol. The van der Waals surface area contributed by atoms with Crippen molar-refractivity contribution in [2.75, 3.05) is 12.8 Å². The summed E-state index contributed by atoms with van der Waals surface area (Å²) in [4.78, 5) is 4.03. The van der Waals surface area contributed by atoms with E-state index in [-0.39, 0.29) is 11.4 Å². The lowest BCUT2D eigenvalue weighted by Gasteiger charge is -2.17. The van der Waals surface area contributed by atoms with Crippen LogP contribution in [0, 0.1) is 0 Å². The summed E-state index contributed by atoms with van der Waals surface area (Å²) in [5.41, 5.74) is 7.13. The molecule has 0 saturated carbocycles. The molecule has 0 spiro atoms. The number of aromatic nitrogens is 1. The standard InChI is InChI=1S/C13H14BrN3O2S/c1-17(9-10-3-2-4-12(15)5-10)20(18,19)13-6-11(14)7-16-8-13/h2-8H,9,15H2,1H3. The normalized spacial score (nSPS) is 11.8. The second-order valence-electron chi connectivity index (χ2n) is 4.34. The third-order valence-electron chi connectivity index (χ3n) is 2.74. The predicted molar refractivity (Wildman–Crippen MR) is 81.4 cm³/mol. The largest absolute Gasteiger partial charge is 0.399 e. The number of nitrogen functional groups attached to an aromatic ring is 1. The fourth-order valence-corrected chi connectivity index (χ4v) is 3.41. The Morgan fingerprint density at radius 3 is 2.70 bits per heavy atom. The smallest absolute Gasteiger partial charge is 0.244 e. The lowest BCUT2D eigenvalue weighted by Crippen LogP contribution is -2.26. The molecule has 2 N–H and O–H groups in total. The van der Waals surface area contributed by atoms with E-state index in [1.54, 1.807) is 18.2 Å². The van der Waals surface area contributed by atoms with Crippen molar-refractivity contribution in [3.05, 3.63) is 52.8 Å². The molecule has 0 saturated heterocycles. The molecule has 0 atom stereocenters. The fraction of sp³-hybridized carbons (Fsp3) is 0.154. The Morgan fingerprint density at radius 2 is 2.05 bits per heavy atom. The van der Waals surface area contributed by atoms with E-state index in [9.17, 15) is 8.42 Å². The van der Waals surface area contributed by atoms with Gasteiger partial charge in [-0.05, 0) is 39.7 Å². The Hall–Kier alpha value is -1.44. The van der Waals surface area contributed by atoms with Gasteiger partial charge in [-0.3, -0.25) is 4.98 Å². The maximum Gasteiger partial charge on any atom is 0.244 e. The van der Waals surface area contributed by atoms with Gasteiger partial charge in [-0.1, -0.05) is 12.1 Å². The minimum absolute atomic E-state index is 0.151. The first-order valence-corrected chi connectivity index (χ1v) is 8.04. The van der Waals surface area contributed by atoms with Gasteiger partial charge < -0.3 is 5.73 Å². The molecule has 106 valence electrons. The van der Waals surface area contributed by atoms with Crippen LogP contribution < -0.4 is 5.73 Å². The van der Waals surface area contributed by atoms with Gasteiger partial charge in [0.05, 0.1) is 0 Å². The van der Waals surface area contributed by atoms with E-state index in [0.717, 1.165) is 5.56 Å². The second-order valence-corrected chi connectivity index (χ2v) is 7.31. The van der Waals surface area contributed by atoms with Crippen LogP contribution in [-0.4, -0.2) is 24.8 Å². The highest BCUT2D eigenvalue weighted by Crippen LogP contribution is 2.19. The Bertz CT molecular complexity index is 719. The molecule has 1 aromatic heterocycles. The van der Waals surface area contributed by atoms with Crippen LogP contribution in [0.15, 0.2) is 52.1 Å². The van der Waals surface area contributed by atoms with Crippen molar-refractivity contribution in [2.45, 2.75) is 11.4 Å². The number of anilines is 1. The maximum atomic E-state index is 12.4. The van der Waals surface area contributed by atoms with E-state index in [2.05, 4.69) is 20.9 Å². The molecule has 2 aromatic rings. The minimum atomic E-state index is -3.57. The molecule has 0 aliphatic carbocycles. The first-order chi connectivity index (χ1) is 9.39. The Balaban J connectivity index is 2.26. The average Bonchev–Trinajstić information content (AvgIpc) is 2.38. The number of hydrogen-bond acceptors (Lipinski definition) is 4. The highest BCUT2D eigenvalue weighted by Gasteiger charge is 2.21. The number of sulfonamides is 1. The molecule has 20 heavy (non-hydrogen) atoms. The zero-order valence-corrected chi connectivity index (χ0v) is 13.2. The number of benzene rings is 1. The Labute approximate surface area is 126 Å². The highest BCUT2D eigenvalue weighted by atomic mass is 79.9. The summed E-state index contributed by atoms with van der Waals surface area (Å²) in [6, 6.07) is 8.67. The molecular weight excluding hydrogens is 342 g/mol. The van der Waals surface area contributed by atoms with Crippen LogP contribution in [0.2, 0.25) is 0 Å². The van der Waals surface area contributed by atoms with Crippen molar-refractivity contribution in [2.24, 2.45) is 0 Å². The van der Waals surface area contributed by atoms with Gasteiger partial charge in [-0.15, -0.1) is 0 Å². The summed E-state index contributed by atoms with van der Waals surface area (Å²) in [5.74, 6) is 0. The fourth-order valence-electron chi connectivity index (χ4n) is 1.75. The first kappa shape index (κ1) is 15.0. The van der Waals surface area contributed by atoms with Crippen molar-refractivity contribution in [3.8, 4) is 0 Å². The Kier molecular flexibility index (Phi) is 4.42. The molecule has 5 nitrogen and oxygen atoms in total. The van der Waals surface area contributed by atoms with E-state index in [0.29, 0.717) is 10.2 Å². The lowest BCUT2D eigenvalue weighted by molar-refractivity contribution is 0.466. The molecule has 0 fully saturated rings. The van der Waals surface area contributed by atoms with Crippen LogP contribution in [0.5, 0.6) is 0 Å². The van der Waals surface area contributed by atoms with Gasteiger partial charge in [0.25, 0.3) is 0 Å². The van der Waals surface area contributed by atoms with Crippen molar-refractivity contribution < 1.29 is 8.42 Å². The summed E-state index contributed by atoms with van der Waals surface area (Å²) in [7, 11) is -2.05. The molecule has 1 aromatic carbocycles. The number of halogens is 1. The molecule has 1 heterocycles. The molecule has 0 aliphatic rings. The second kappa shape index (κ2) is 5.90. The summed E-state index contributed by atoms with van der Waals surface area (Å²) < 4.78 is 26.7. The maximum absolute atomic E-state index is 12.4. The summed E-state index contributed by atoms with van der Waals surface area (Å²) in [6.07, 6.45) is 2.87. The van der Waals surface area contributed by atoms with E-state index in [1.807, 2.05) is 6.07 Å². The molecule has 0 amide bonds. The molecule has 0 aliphatic heterocycles. The highest BCUT2D eigenvalue weighted by molar-refractivity contribution is 9.10. The van der Waals surface area contributed by atoms with Crippen molar-refractivity contribution in [1.82, 2.24) is 9.29 Å². The number of pyridine rings is 1. The van der Waals surface area contributed by atoms with Crippen molar-refractivity contribution >= 4 is 31.6 Å². The SMILES string of the molecule is CN(Cc1cccc(N)c1)S(=O)(=O)c1cncc(Br)c1. The van der Waals surface area contributed by atoms with Gasteiger partial charge in [0, 0.05) is 36.1 Å². The van der Waals surface area contributed by atoms with Gasteiger partial charge >= 0.3 is 0 Å². The van der Waals surface area contributed by atoms with Crippen LogP contribution in [0.25, 0.3) is 0 Å². The number of nitrogens with zero attached hydrogens (tertiary/aromatic N) is 2. The van der Waals surface area contributed by atoms with Gasteiger partial charge in [-0.25, -0.2) is 8.42 Å². The van der Waals surface area contributed by atoms with Crippen LogP contribution in [0.1, 0.15) is 5.56 Å². The molecule has 0 bridgehead atoms. The molecule has 2 rings (SSSR count). The van der Waals surface area contributed by atoms with Crippen LogP contribution in [0.3, 0.4) is 0 Å². The molecule has 0 unspecified atom stereocenters. The average molecular weight is 356 g/mol. The first-order valence-electron chi connectivity index (χ1n) is 5.81. The zero-order chi connectivity index (χ0) is 14.8. The molecule has 0 radical (unpaired) electrons. The number of rotatable bonds is 4. The van der Waals surface area contributed by atoms with Gasteiger partial charge in [0.2, 0.25) is 10.0 Å². The predicted octanol–water partition coefficient (Wildman–Crippen LogP) is 2.25. The third-order valence-corrected chi connectivity index (χ3v) is 4.95. The van der Waals surface area contributed by atoms with Crippen molar-refractivity contribution in [1.29, 1.82) is 0 Å². The van der Waals surface area contributed by atoms with E-state index in [1.165, 1.54) is 29.8 Å². The van der Waals surface area contributed by atoms with Crippen LogP contribution in [0.4, 0.5) is 5.69 Å². The number of hydrogen-bond donors (Lipinski definition) is 1. The quantitative estimate of drug-likeness (QED) is 0.853. The Morgan fingerprint density at radius 1 is 1.30 bits per heavy atom. The van der Waals surface area contributed by atoms with E-state index < -0.39 is 10.0 Å². The van der Waals surface area contributed by atoms with Crippen LogP contribution >= 0.6 is 15.9 Å². The van der Waals surface area contributed by atoms with Crippen LogP contribution in [-0.2, 0) is 16.6 Å². The summed E-state index contributed by atoms with van der Waals surface area (Å²) in [6.45, 7) is 0.250. The zero-order valence-electron chi connectivity index (χ0n) is 10.8. The van der Waals surface area contributed by atoms with E-state index >= 15 is 0 Å². The summed E-state index contributed by atoms with van der Waals surface area (Å²) >= 11 is 3.22. The van der Waals surface area contributed by atoms with Gasteiger partial charge in [0.15, 0.2) is 0 Å². The topological polar surface area (TPSA) is 76.3 Å². The third kappa shape index (κ3) is 3.36. The van der Waals surface area contributed by atoms with Gasteiger partial charge in [-0.2, -0.15) is 4.31 Å². The molecule has 7 heteroatoms. The van der Waals surface area contributed by atoms with E-state index in [4.69, 9.17) is 5.73 Å².